The molecule has 1 heterocycles. The van der Waals surface area contributed by atoms with Crippen LogP contribution in [-0.2, 0) is 11.2 Å². The van der Waals surface area contributed by atoms with Gasteiger partial charge in [0.2, 0.25) is 0 Å². The van der Waals surface area contributed by atoms with Crippen LogP contribution < -0.4 is 5.32 Å². The number of methoxy groups -OCH3 is 1. The van der Waals surface area contributed by atoms with E-state index in [9.17, 15) is 0 Å². The van der Waals surface area contributed by atoms with Gasteiger partial charge in [-0.05, 0) is 69.3 Å². The number of unbranched alkanes of at least 4 members (excludes halogenated alkanes) is 2. The van der Waals surface area contributed by atoms with Gasteiger partial charge >= 0.3 is 0 Å². The maximum Gasteiger partial charge on any atom is 0.0742 e. The molecule has 0 aliphatic heterocycles. The van der Waals surface area contributed by atoms with Crippen LogP contribution in [0.1, 0.15) is 24.8 Å². The molecular formula is C12H19Br2NOS. The molecule has 1 aromatic heterocycles. The van der Waals surface area contributed by atoms with Gasteiger partial charge in [0.05, 0.1) is 14.2 Å². The average Bonchev–Trinajstić information content (AvgIpc) is 2.61. The first-order valence-corrected chi connectivity index (χ1v) is 8.27. The first kappa shape index (κ1) is 15.6. The first-order valence-electron chi connectivity index (χ1n) is 5.87. The highest BCUT2D eigenvalue weighted by Crippen LogP contribution is 2.32. The Hall–Kier alpha value is 0.580. The van der Waals surface area contributed by atoms with Crippen molar-refractivity contribution in [3.8, 4) is 0 Å². The number of halogens is 2. The average molecular weight is 385 g/mol. The predicted molar refractivity (Wildman–Crippen MR) is 82.0 cm³/mol. The molecule has 0 spiro atoms. The molecule has 0 aliphatic rings. The van der Waals surface area contributed by atoms with Gasteiger partial charge in [0.25, 0.3) is 0 Å². The van der Waals surface area contributed by atoms with Crippen molar-refractivity contribution in [1.29, 1.82) is 0 Å². The Morgan fingerprint density at radius 2 is 2.06 bits per heavy atom. The zero-order chi connectivity index (χ0) is 12.5. The minimum absolute atomic E-state index is 0.801. The third-order valence-electron chi connectivity index (χ3n) is 2.51. The molecule has 0 amide bonds. The summed E-state index contributed by atoms with van der Waals surface area (Å²) in [5.74, 6) is 0. The van der Waals surface area contributed by atoms with E-state index in [1.54, 1.807) is 18.4 Å². The second-order valence-corrected chi connectivity index (χ2v) is 7.65. The van der Waals surface area contributed by atoms with Crippen LogP contribution in [-0.4, -0.2) is 26.8 Å². The maximum absolute atomic E-state index is 4.97. The minimum Gasteiger partial charge on any atom is -0.383 e. The van der Waals surface area contributed by atoms with Crippen molar-refractivity contribution >= 4 is 43.2 Å². The molecule has 17 heavy (non-hydrogen) atoms. The Kier molecular flexibility index (Phi) is 8.74. The Balaban J connectivity index is 1.99. The van der Waals surface area contributed by atoms with Gasteiger partial charge < -0.3 is 10.1 Å². The molecule has 0 radical (unpaired) electrons. The van der Waals surface area contributed by atoms with Gasteiger partial charge in [-0.15, -0.1) is 11.3 Å². The van der Waals surface area contributed by atoms with Crippen molar-refractivity contribution < 1.29 is 4.74 Å². The Morgan fingerprint density at radius 1 is 1.24 bits per heavy atom. The lowest BCUT2D eigenvalue weighted by Gasteiger charge is -2.03. The monoisotopic (exact) mass is 383 g/mol. The van der Waals surface area contributed by atoms with Crippen LogP contribution in [0.2, 0.25) is 0 Å². The third kappa shape index (κ3) is 6.91. The molecule has 0 fully saturated rings. The van der Waals surface area contributed by atoms with E-state index in [0.29, 0.717) is 0 Å². The maximum atomic E-state index is 4.97. The van der Waals surface area contributed by atoms with Crippen molar-refractivity contribution in [2.75, 3.05) is 26.8 Å². The fourth-order valence-corrected chi connectivity index (χ4v) is 4.50. The summed E-state index contributed by atoms with van der Waals surface area (Å²) in [4.78, 5) is 0. The predicted octanol–water partition coefficient (Wildman–Crippen LogP) is 4.22. The van der Waals surface area contributed by atoms with E-state index < -0.39 is 0 Å². The summed E-state index contributed by atoms with van der Waals surface area (Å²) in [6.07, 6.45) is 4.95. The van der Waals surface area contributed by atoms with Gasteiger partial charge in [0, 0.05) is 13.7 Å². The van der Waals surface area contributed by atoms with E-state index in [0.717, 1.165) is 19.7 Å². The minimum atomic E-state index is 0.801. The highest BCUT2D eigenvalue weighted by atomic mass is 79.9. The molecule has 1 aromatic rings. The largest absolute Gasteiger partial charge is 0.383 e. The van der Waals surface area contributed by atoms with Crippen LogP contribution >= 0.6 is 43.2 Å². The van der Waals surface area contributed by atoms with Crippen molar-refractivity contribution in [2.24, 2.45) is 0 Å². The van der Waals surface area contributed by atoms with E-state index >= 15 is 0 Å². The van der Waals surface area contributed by atoms with Crippen LogP contribution in [0.4, 0.5) is 0 Å². The molecule has 0 bridgehead atoms. The van der Waals surface area contributed by atoms with Crippen molar-refractivity contribution in [3.63, 3.8) is 0 Å². The van der Waals surface area contributed by atoms with Crippen molar-refractivity contribution in [1.82, 2.24) is 5.32 Å². The van der Waals surface area contributed by atoms with Crippen molar-refractivity contribution in [3.05, 3.63) is 19.2 Å². The molecule has 0 atom stereocenters. The van der Waals surface area contributed by atoms with Gasteiger partial charge in [-0.25, -0.2) is 0 Å². The second kappa shape index (κ2) is 9.50. The molecule has 0 saturated carbocycles. The van der Waals surface area contributed by atoms with Crippen LogP contribution in [0, 0.1) is 0 Å². The van der Waals surface area contributed by atoms with E-state index in [-0.39, 0.29) is 0 Å². The van der Waals surface area contributed by atoms with E-state index in [4.69, 9.17) is 4.74 Å². The third-order valence-corrected chi connectivity index (χ3v) is 4.97. The lowest BCUT2D eigenvalue weighted by atomic mass is 10.1. The Morgan fingerprint density at radius 3 is 2.71 bits per heavy atom. The Labute approximate surface area is 124 Å². The second-order valence-electron chi connectivity index (χ2n) is 3.90. The summed E-state index contributed by atoms with van der Waals surface area (Å²) in [5, 5.41) is 3.36. The molecule has 1 N–H and O–H groups in total. The number of thiophene rings is 1. The Bertz CT molecular complexity index is 317. The zero-order valence-electron chi connectivity index (χ0n) is 10.1. The van der Waals surface area contributed by atoms with Gasteiger partial charge in [0.1, 0.15) is 0 Å². The zero-order valence-corrected chi connectivity index (χ0v) is 14.1. The van der Waals surface area contributed by atoms with Crippen LogP contribution in [0.25, 0.3) is 0 Å². The summed E-state index contributed by atoms with van der Waals surface area (Å²) in [5.41, 5.74) is 1.43. The van der Waals surface area contributed by atoms with E-state index in [1.807, 2.05) is 0 Å². The summed E-state index contributed by atoms with van der Waals surface area (Å²) in [6.45, 7) is 2.85. The van der Waals surface area contributed by atoms with E-state index in [2.05, 4.69) is 43.2 Å². The summed E-state index contributed by atoms with van der Waals surface area (Å²) in [7, 11) is 1.73. The molecule has 1 rings (SSSR count). The molecular weight excluding hydrogens is 366 g/mol. The molecule has 2 nitrogen and oxygen atoms in total. The van der Waals surface area contributed by atoms with Gasteiger partial charge in [-0.1, -0.05) is 6.42 Å². The number of rotatable bonds is 9. The molecule has 0 aliphatic carbocycles. The lowest BCUT2D eigenvalue weighted by molar-refractivity contribution is 0.199. The number of ether oxygens (including phenoxy) is 1. The lowest BCUT2D eigenvalue weighted by Crippen LogP contribution is -2.20. The SMILES string of the molecule is COCCNCCCCCc1cc(Br)sc1Br. The number of hydrogen-bond acceptors (Lipinski definition) is 3. The normalized spacial score (nSPS) is 11.0. The highest BCUT2D eigenvalue weighted by Gasteiger charge is 2.04. The molecule has 5 heteroatoms. The fraction of sp³-hybridized carbons (Fsp3) is 0.667. The van der Waals surface area contributed by atoms with Gasteiger partial charge in [-0.3, -0.25) is 0 Å². The molecule has 0 saturated heterocycles. The first-order chi connectivity index (χ1) is 8.24. The molecule has 0 aromatic carbocycles. The fourth-order valence-electron chi connectivity index (χ4n) is 1.59. The van der Waals surface area contributed by atoms with Crippen molar-refractivity contribution in [2.45, 2.75) is 25.7 Å². The number of nitrogens with one attached hydrogen (secondary N) is 1. The molecule has 0 unspecified atom stereocenters. The topological polar surface area (TPSA) is 21.3 Å². The summed E-state index contributed by atoms with van der Waals surface area (Å²) < 4.78 is 7.45. The van der Waals surface area contributed by atoms with Crippen LogP contribution in [0.3, 0.4) is 0 Å². The van der Waals surface area contributed by atoms with Gasteiger partial charge in [-0.2, -0.15) is 0 Å². The summed E-state index contributed by atoms with van der Waals surface area (Å²) in [6, 6.07) is 2.21. The standard InChI is InChI=1S/C12H19Br2NOS/c1-16-8-7-15-6-4-2-3-5-10-9-11(13)17-12(10)14/h9,15H,2-8H2,1H3. The van der Waals surface area contributed by atoms with Crippen LogP contribution in [0.15, 0.2) is 13.6 Å². The molecule has 98 valence electrons. The number of hydrogen-bond donors (Lipinski definition) is 1. The van der Waals surface area contributed by atoms with E-state index in [1.165, 1.54) is 38.8 Å². The number of aryl methyl sites for hydroxylation is 1. The van der Waals surface area contributed by atoms with Crippen LogP contribution in [0.5, 0.6) is 0 Å². The highest BCUT2D eigenvalue weighted by molar-refractivity contribution is 9.12. The quantitative estimate of drug-likeness (QED) is 0.643. The smallest absolute Gasteiger partial charge is 0.0742 e. The van der Waals surface area contributed by atoms with Gasteiger partial charge in [0.15, 0.2) is 0 Å². The summed E-state index contributed by atoms with van der Waals surface area (Å²) >= 11 is 8.85.